The van der Waals surface area contributed by atoms with Crippen LogP contribution in [0, 0.1) is 5.41 Å². The van der Waals surface area contributed by atoms with Crippen molar-refractivity contribution in [3.05, 3.63) is 23.4 Å². The van der Waals surface area contributed by atoms with Gasteiger partial charge in [0.1, 0.15) is 5.82 Å². The first-order valence-corrected chi connectivity index (χ1v) is 7.88. The summed E-state index contributed by atoms with van der Waals surface area (Å²) in [4.78, 5) is 16.7. The van der Waals surface area contributed by atoms with Crippen LogP contribution in [0.25, 0.3) is 0 Å². The largest absolute Gasteiger partial charge is 0.351 e. The molecule has 5 nitrogen and oxygen atoms in total. The summed E-state index contributed by atoms with van der Waals surface area (Å²) in [6, 6.07) is 3.56. The lowest BCUT2D eigenvalue weighted by Gasteiger charge is -2.41. The summed E-state index contributed by atoms with van der Waals surface area (Å²) in [6.07, 6.45) is 6.67. The van der Waals surface area contributed by atoms with Crippen LogP contribution in [0.3, 0.4) is 0 Å². The maximum Gasteiger partial charge on any atom is 0.251 e. The monoisotopic (exact) mass is 290 g/mol. The minimum atomic E-state index is -0.0361. The molecule has 1 heterocycles. The van der Waals surface area contributed by atoms with Crippen molar-refractivity contribution in [1.29, 1.82) is 0 Å². The Morgan fingerprint density at radius 1 is 1.38 bits per heavy atom. The molecule has 0 saturated heterocycles. The van der Waals surface area contributed by atoms with Crippen molar-refractivity contribution < 1.29 is 4.79 Å². The predicted molar refractivity (Wildman–Crippen MR) is 85.0 cm³/mol. The molecular formula is C16H26N4O. The second-order valence-electron chi connectivity index (χ2n) is 6.02. The van der Waals surface area contributed by atoms with Crippen molar-refractivity contribution in [2.75, 3.05) is 12.0 Å². The molecule has 0 aromatic carbocycles. The van der Waals surface area contributed by atoms with Crippen molar-refractivity contribution >= 4 is 11.7 Å². The normalized spacial score (nSPS) is 16.1. The minimum Gasteiger partial charge on any atom is -0.351 e. The van der Waals surface area contributed by atoms with Gasteiger partial charge in [-0.2, -0.15) is 0 Å². The third-order valence-corrected chi connectivity index (χ3v) is 4.58. The lowest BCUT2D eigenvalue weighted by molar-refractivity contribution is 0.0850. The Bertz CT molecular complexity index is 492. The Labute approximate surface area is 126 Å². The number of aromatic nitrogens is 1. The van der Waals surface area contributed by atoms with Gasteiger partial charge in [-0.1, -0.05) is 26.7 Å². The van der Waals surface area contributed by atoms with Crippen LogP contribution >= 0.6 is 0 Å². The number of carbonyl (C=O) groups excluding carboxylic acids is 1. The van der Waals surface area contributed by atoms with Gasteiger partial charge in [0.25, 0.3) is 5.91 Å². The molecule has 2 rings (SSSR count). The van der Waals surface area contributed by atoms with Crippen molar-refractivity contribution in [3.8, 4) is 0 Å². The molecular weight excluding hydrogens is 264 g/mol. The lowest BCUT2D eigenvalue weighted by Crippen LogP contribution is -2.41. The number of nitrogen functional groups attached to an aromatic ring is 1. The van der Waals surface area contributed by atoms with E-state index in [0.29, 0.717) is 16.8 Å². The summed E-state index contributed by atoms with van der Waals surface area (Å²) in [5, 5.41) is 3.08. The van der Waals surface area contributed by atoms with Gasteiger partial charge in [-0.25, -0.2) is 10.8 Å². The second-order valence-corrected chi connectivity index (χ2v) is 6.02. The van der Waals surface area contributed by atoms with Crippen LogP contribution in [0.5, 0.6) is 0 Å². The minimum absolute atomic E-state index is 0.0361. The first-order chi connectivity index (χ1) is 10.1. The molecule has 116 valence electrons. The quantitative estimate of drug-likeness (QED) is 0.533. The smallest absolute Gasteiger partial charge is 0.251 e. The van der Waals surface area contributed by atoms with Crippen LogP contribution < -0.4 is 16.6 Å². The molecule has 5 heteroatoms. The van der Waals surface area contributed by atoms with E-state index in [9.17, 15) is 4.79 Å². The Morgan fingerprint density at radius 3 is 2.67 bits per heavy atom. The van der Waals surface area contributed by atoms with Gasteiger partial charge < -0.3 is 10.7 Å². The zero-order valence-electron chi connectivity index (χ0n) is 13.0. The molecule has 1 aliphatic rings. The zero-order chi connectivity index (χ0) is 15.3. The van der Waals surface area contributed by atoms with Gasteiger partial charge in [-0.15, -0.1) is 0 Å². The first-order valence-electron chi connectivity index (χ1n) is 7.88. The molecule has 1 aromatic rings. The highest BCUT2D eigenvalue weighted by Gasteiger charge is 2.35. The van der Waals surface area contributed by atoms with E-state index >= 15 is 0 Å². The van der Waals surface area contributed by atoms with Gasteiger partial charge in [-0.3, -0.25) is 4.79 Å². The zero-order valence-corrected chi connectivity index (χ0v) is 13.0. The van der Waals surface area contributed by atoms with E-state index in [2.05, 4.69) is 29.6 Å². The van der Waals surface area contributed by atoms with E-state index in [4.69, 9.17) is 5.84 Å². The number of nitrogens with one attached hydrogen (secondary N) is 2. The number of hydrogen-bond acceptors (Lipinski definition) is 4. The van der Waals surface area contributed by atoms with Crippen molar-refractivity contribution in [3.63, 3.8) is 0 Å². The number of anilines is 1. The van der Waals surface area contributed by atoms with E-state index in [1.807, 2.05) is 6.07 Å². The number of rotatable bonds is 7. The van der Waals surface area contributed by atoms with Crippen LogP contribution in [0.2, 0.25) is 0 Å². The number of amides is 1. The summed E-state index contributed by atoms with van der Waals surface area (Å²) >= 11 is 0. The predicted octanol–water partition coefficient (Wildman–Crippen LogP) is 2.63. The molecule has 1 aliphatic carbocycles. The maximum atomic E-state index is 12.4. The first kappa shape index (κ1) is 15.8. The highest BCUT2D eigenvalue weighted by molar-refractivity contribution is 5.95. The maximum absolute atomic E-state index is 12.4. The third kappa shape index (κ3) is 3.73. The summed E-state index contributed by atoms with van der Waals surface area (Å²) in [7, 11) is 0. The summed E-state index contributed by atoms with van der Waals surface area (Å²) < 4.78 is 0. The molecule has 1 saturated carbocycles. The van der Waals surface area contributed by atoms with Gasteiger partial charge in [-0.05, 0) is 43.2 Å². The molecule has 0 atom stereocenters. The van der Waals surface area contributed by atoms with Crippen LogP contribution in [-0.4, -0.2) is 17.4 Å². The van der Waals surface area contributed by atoms with E-state index < -0.39 is 0 Å². The fourth-order valence-corrected chi connectivity index (χ4v) is 2.88. The number of nitrogens with two attached hydrogens (primary N) is 1. The van der Waals surface area contributed by atoms with Crippen LogP contribution in [-0.2, 0) is 6.42 Å². The summed E-state index contributed by atoms with van der Waals surface area (Å²) in [5.41, 5.74) is 4.39. The highest BCUT2D eigenvalue weighted by atomic mass is 16.1. The molecule has 1 amide bonds. The van der Waals surface area contributed by atoms with Crippen LogP contribution in [0.4, 0.5) is 5.82 Å². The second kappa shape index (κ2) is 6.89. The van der Waals surface area contributed by atoms with E-state index in [1.54, 1.807) is 6.07 Å². The van der Waals surface area contributed by atoms with Crippen molar-refractivity contribution in [2.24, 2.45) is 11.3 Å². The Balaban J connectivity index is 2.05. The van der Waals surface area contributed by atoms with Gasteiger partial charge in [0.15, 0.2) is 0 Å². The number of hydrazine groups is 1. The number of nitrogens with zero attached hydrogens (tertiary/aromatic N) is 1. The van der Waals surface area contributed by atoms with Crippen LogP contribution in [0.15, 0.2) is 12.1 Å². The van der Waals surface area contributed by atoms with E-state index in [0.717, 1.165) is 31.5 Å². The standard InChI is InChI=1S/C16H26N4O/c1-3-6-13-9-12(10-14(19-13)20-17)15(21)18-11-16(4-2)7-5-8-16/h9-10H,3-8,11,17H2,1-2H3,(H,18,21)(H,19,20). The van der Waals surface area contributed by atoms with Gasteiger partial charge in [0.2, 0.25) is 0 Å². The topological polar surface area (TPSA) is 80.0 Å². The summed E-state index contributed by atoms with van der Waals surface area (Å²) in [5.74, 6) is 5.94. The molecule has 0 bridgehead atoms. The molecule has 0 spiro atoms. The SMILES string of the molecule is CCCc1cc(C(=O)NCC2(CC)CCC2)cc(NN)n1. The number of carbonyl (C=O) groups is 1. The van der Waals surface area contributed by atoms with Crippen LogP contribution in [0.1, 0.15) is 62.0 Å². The van der Waals surface area contributed by atoms with Crippen molar-refractivity contribution in [1.82, 2.24) is 10.3 Å². The lowest BCUT2D eigenvalue weighted by atomic mass is 9.67. The van der Waals surface area contributed by atoms with Gasteiger partial charge in [0, 0.05) is 17.8 Å². The number of aryl methyl sites for hydroxylation is 1. The number of hydrogen-bond donors (Lipinski definition) is 3. The average molecular weight is 290 g/mol. The molecule has 21 heavy (non-hydrogen) atoms. The fourth-order valence-electron chi connectivity index (χ4n) is 2.88. The van der Waals surface area contributed by atoms with Gasteiger partial charge >= 0.3 is 0 Å². The molecule has 1 fully saturated rings. The molecule has 0 unspecified atom stereocenters. The Kier molecular flexibility index (Phi) is 5.17. The van der Waals surface area contributed by atoms with E-state index in [-0.39, 0.29) is 5.91 Å². The van der Waals surface area contributed by atoms with E-state index in [1.165, 1.54) is 19.3 Å². The number of pyridine rings is 1. The molecule has 4 N–H and O–H groups in total. The fraction of sp³-hybridized carbons (Fsp3) is 0.625. The van der Waals surface area contributed by atoms with Crippen molar-refractivity contribution in [2.45, 2.75) is 52.4 Å². The average Bonchev–Trinajstić information content (AvgIpc) is 2.46. The molecule has 0 radical (unpaired) electrons. The Hall–Kier alpha value is -1.62. The molecule has 1 aromatic heterocycles. The third-order valence-electron chi connectivity index (χ3n) is 4.58. The molecule has 0 aliphatic heterocycles. The van der Waals surface area contributed by atoms with Gasteiger partial charge in [0.05, 0.1) is 0 Å². The summed E-state index contributed by atoms with van der Waals surface area (Å²) in [6.45, 7) is 5.05. The highest BCUT2D eigenvalue weighted by Crippen LogP contribution is 2.43. The Morgan fingerprint density at radius 2 is 2.14 bits per heavy atom.